The quantitative estimate of drug-likeness (QED) is 0.432. The van der Waals surface area contributed by atoms with Crippen LogP contribution in [0.3, 0.4) is 0 Å². The lowest BCUT2D eigenvalue weighted by molar-refractivity contribution is 0.0951. The van der Waals surface area contributed by atoms with Crippen LogP contribution in [0.4, 0.5) is 0 Å². The molecule has 0 spiro atoms. The summed E-state index contributed by atoms with van der Waals surface area (Å²) in [6.07, 6.45) is 5.46. The highest BCUT2D eigenvalue weighted by atomic mass is 127. The number of amides is 1. The minimum Gasteiger partial charge on any atom is -0.352 e. The molecule has 1 N–H and O–H groups in total. The van der Waals surface area contributed by atoms with Gasteiger partial charge in [-0.2, -0.15) is 10.2 Å². The summed E-state index contributed by atoms with van der Waals surface area (Å²) in [5.74, 6) is -0.0243. The molecule has 0 aliphatic carbocycles. The molecule has 1 heterocycles. The summed E-state index contributed by atoms with van der Waals surface area (Å²) in [6.45, 7) is 4.58. The number of hydrogen-bond donors (Lipinski definition) is 1. The second kappa shape index (κ2) is 9.23. The normalized spacial score (nSPS) is 10.5. The van der Waals surface area contributed by atoms with Crippen molar-refractivity contribution in [2.45, 2.75) is 46.0 Å². The van der Waals surface area contributed by atoms with Gasteiger partial charge in [0.2, 0.25) is 0 Å². The van der Waals surface area contributed by atoms with Crippen molar-refractivity contribution in [3.05, 3.63) is 23.0 Å². The second-order valence-electron chi connectivity index (χ2n) is 4.56. The third-order valence-corrected chi connectivity index (χ3v) is 3.68. The fraction of sp³-hybridized carbons (Fsp3) is 0.643. The van der Waals surface area contributed by atoms with Crippen LogP contribution in [0, 0.1) is 6.92 Å². The summed E-state index contributed by atoms with van der Waals surface area (Å²) in [5.41, 5.74) is 2.22. The maximum Gasteiger partial charge on any atom is 0.253 e. The number of aryl methyl sites for hydroxylation is 2. The number of carbonyl (C=O) groups excluding carboxylic acids is 1. The van der Waals surface area contributed by atoms with Gasteiger partial charge in [-0.1, -0.05) is 42.4 Å². The Labute approximate surface area is 128 Å². The largest absolute Gasteiger partial charge is 0.352 e. The smallest absolute Gasteiger partial charge is 0.253 e. The number of rotatable bonds is 8. The average molecular weight is 375 g/mol. The van der Waals surface area contributed by atoms with Gasteiger partial charge in [0.25, 0.3) is 5.91 Å². The molecule has 0 aliphatic rings. The van der Waals surface area contributed by atoms with Crippen LogP contribution >= 0.6 is 22.6 Å². The SMILES string of the molecule is CCc1nnc(C)cc1C(=O)NCCCCCCI. The predicted molar refractivity (Wildman–Crippen MR) is 85.8 cm³/mol. The zero-order chi connectivity index (χ0) is 14.1. The van der Waals surface area contributed by atoms with Gasteiger partial charge in [0.1, 0.15) is 0 Å². The van der Waals surface area contributed by atoms with E-state index in [2.05, 4.69) is 38.1 Å². The highest BCUT2D eigenvalue weighted by Gasteiger charge is 2.12. The molecule has 0 saturated carbocycles. The average Bonchev–Trinajstić information content (AvgIpc) is 2.42. The Bertz CT molecular complexity index is 410. The number of nitrogens with one attached hydrogen (secondary N) is 1. The number of alkyl halides is 1. The molecular formula is C14H22IN3O. The number of carbonyl (C=O) groups is 1. The predicted octanol–water partition coefficient (Wildman–Crippen LogP) is 3.07. The fourth-order valence-electron chi connectivity index (χ4n) is 1.84. The van der Waals surface area contributed by atoms with Crippen molar-refractivity contribution in [1.82, 2.24) is 15.5 Å². The first-order valence-electron chi connectivity index (χ1n) is 6.86. The van der Waals surface area contributed by atoms with Gasteiger partial charge in [-0.15, -0.1) is 0 Å². The molecule has 1 aromatic rings. The van der Waals surface area contributed by atoms with Gasteiger partial charge in [-0.3, -0.25) is 4.79 Å². The molecule has 19 heavy (non-hydrogen) atoms. The van der Waals surface area contributed by atoms with Crippen LogP contribution in [0.1, 0.15) is 54.4 Å². The number of aromatic nitrogens is 2. The molecule has 0 aromatic carbocycles. The maximum atomic E-state index is 12.1. The van der Waals surface area contributed by atoms with E-state index in [-0.39, 0.29) is 5.91 Å². The van der Waals surface area contributed by atoms with E-state index < -0.39 is 0 Å². The standard InChI is InChI=1S/C14H22IN3O/c1-3-13-12(10-11(2)17-18-13)14(19)16-9-7-5-4-6-8-15/h10H,3-9H2,1-2H3,(H,16,19). The van der Waals surface area contributed by atoms with Crippen LogP contribution in [0.15, 0.2) is 6.07 Å². The lowest BCUT2D eigenvalue weighted by Gasteiger charge is -2.08. The Morgan fingerprint density at radius 1 is 1.26 bits per heavy atom. The van der Waals surface area contributed by atoms with E-state index in [4.69, 9.17) is 0 Å². The highest BCUT2D eigenvalue weighted by molar-refractivity contribution is 14.1. The number of unbranched alkanes of at least 4 members (excludes halogenated alkanes) is 3. The second-order valence-corrected chi connectivity index (χ2v) is 5.64. The highest BCUT2D eigenvalue weighted by Crippen LogP contribution is 2.07. The third kappa shape index (κ3) is 5.84. The van der Waals surface area contributed by atoms with Crippen molar-refractivity contribution >= 4 is 28.5 Å². The number of hydrogen-bond acceptors (Lipinski definition) is 3. The monoisotopic (exact) mass is 375 g/mol. The molecule has 0 bridgehead atoms. The maximum absolute atomic E-state index is 12.1. The first-order valence-corrected chi connectivity index (χ1v) is 8.39. The molecule has 4 nitrogen and oxygen atoms in total. The fourth-order valence-corrected chi connectivity index (χ4v) is 2.38. The molecule has 106 valence electrons. The first-order chi connectivity index (χ1) is 9.19. The third-order valence-electron chi connectivity index (χ3n) is 2.92. The summed E-state index contributed by atoms with van der Waals surface area (Å²) in [7, 11) is 0. The van der Waals surface area contributed by atoms with Crippen LogP contribution < -0.4 is 5.32 Å². The summed E-state index contributed by atoms with van der Waals surface area (Å²) in [6, 6.07) is 1.82. The Hall–Kier alpha value is -0.720. The van der Waals surface area contributed by atoms with E-state index in [1.54, 1.807) is 0 Å². The Morgan fingerprint density at radius 3 is 2.68 bits per heavy atom. The van der Waals surface area contributed by atoms with E-state index in [9.17, 15) is 4.79 Å². The Balaban J connectivity index is 2.43. The van der Waals surface area contributed by atoms with E-state index in [0.717, 1.165) is 30.8 Å². The molecule has 1 rings (SSSR count). The topological polar surface area (TPSA) is 54.9 Å². The Kier molecular flexibility index (Phi) is 7.93. The van der Waals surface area contributed by atoms with Gasteiger partial charge in [-0.05, 0) is 36.7 Å². The molecule has 0 fully saturated rings. The lowest BCUT2D eigenvalue weighted by Crippen LogP contribution is -2.26. The van der Waals surface area contributed by atoms with E-state index >= 15 is 0 Å². The zero-order valence-corrected chi connectivity index (χ0v) is 13.9. The molecule has 0 aliphatic heterocycles. The van der Waals surface area contributed by atoms with Gasteiger partial charge >= 0.3 is 0 Å². The number of halogens is 1. The molecule has 0 radical (unpaired) electrons. The first kappa shape index (κ1) is 16.3. The van der Waals surface area contributed by atoms with Crippen molar-refractivity contribution in [2.75, 3.05) is 11.0 Å². The van der Waals surface area contributed by atoms with Crippen molar-refractivity contribution < 1.29 is 4.79 Å². The summed E-state index contributed by atoms with van der Waals surface area (Å²) >= 11 is 2.40. The number of nitrogens with zero attached hydrogens (tertiary/aromatic N) is 2. The van der Waals surface area contributed by atoms with Crippen molar-refractivity contribution in [3.63, 3.8) is 0 Å². The van der Waals surface area contributed by atoms with E-state index in [1.807, 2.05) is 19.9 Å². The van der Waals surface area contributed by atoms with Gasteiger partial charge in [0.05, 0.1) is 17.0 Å². The van der Waals surface area contributed by atoms with Gasteiger partial charge in [0.15, 0.2) is 0 Å². The van der Waals surface area contributed by atoms with Crippen LogP contribution in [0.2, 0.25) is 0 Å². The molecule has 0 saturated heterocycles. The molecule has 0 unspecified atom stereocenters. The van der Waals surface area contributed by atoms with Crippen LogP contribution in [0.5, 0.6) is 0 Å². The molecule has 0 atom stereocenters. The van der Waals surface area contributed by atoms with E-state index in [1.165, 1.54) is 23.7 Å². The van der Waals surface area contributed by atoms with Gasteiger partial charge < -0.3 is 5.32 Å². The lowest BCUT2D eigenvalue weighted by atomic mass is 10.1. The Morgan fingerprint density at radius 2 is 2.00 bits per heavy atom. The minimum atomic E-state index is -0.0243. The summed E-state index contributed by atoms with van der Waals surface area (Å²) < 4.78 is 1.21. The molecule has 1 aromatic heterocycles. The van der Waals surface area contributed by atoms with Gasteiger partial charge in [0, 0.05) is 6.54 Å². The van der Waals surface area contributed by atoms with Crippen molar-refractivity contribution in [3.8, 4) is 0 Å². The molecule has 1 amide bonds. The zero-order valence-electron chi connectivity index (χ0n) is 11.7. The van der Waals surface area contributed by atoms with Crippen LogP contribution in [0.25, 0.3) is 0 Å². The van der Waals surface area contributed by atoms with Crippen LogP contribution in [-0.4, -0.2) is 27.1 Å². The minimum absolute atomic E-state index is 0.0243. The van der Waals surface area contributed by atoms with Gasteiger partial charge in [-0.25, -0.2) is 0 Å². The summed E-state index contributed by atoms with van der Waals surface area (Å²) in [5, 5.41) is 11.0. The van der Waals surface area contributed by atoms with Crippen molar-refractivity contribution in [1.29, 1.82) is 0 Å². The van der Waals surface area contributed by atoms with Crippen LogP contribution in [-0.2, 0) is 6.42 Å². The summed E-state index contributed by atoms with van der Waals surface area (Å²) in [4.78, 5) is 12.1. The molecular weight excluding hydrogens is 353 g/mol. The molecule has 5 heteroatoms. The van der Waals surface area contributed by atoms with Crippen molar-refractivity contribution in [2.24, 2.45) is 0 Å². The van der Waals surface area contributed by atoms with E-state index in [0.29, 0.717) is 5.56 Å².